The maximum absolute atomic E-state index is 13.4. The fraction of sp³-hybridized carbons (Fsp3) is 0.250. The Labute approximate surface area is 208 Å². The second-order valence-corrected chi connectivity index (χ2v) is 9.12. The van der Waals surface area contributed by atoms with Gasteiger partial charge in [0.1, 0.15) is 19.0 Å². The molecule has 1 aromatic heterocycles. The summed E-state index contributed by atoms with van der Waals surface area (Å²) in [6, 6.07) is 22.9. The number of imidazole rings is 1. The number of benzene rings is 3. The zero-order chi connectivity index (χ0) is 24.5. The Morgan fingerprint density at radius 3 is 2.64 bits per heavy atom. The summed E-state index contributed by atoms with van der Waals surface area (Å²) >= 11 is 0. The van der Waals surface area contributed by atoms with Gasteiger partial charge in [0.05, 0.1) is 23.0 Å². The standard InChI is InChI=1S/C28H26N4O4/c33-26-15-19(17-32(26)20-10-11-24-25(16-20)36-13-12-35-24)28(34)31-23(14-18-6-2-1-3-7-18)27-29-21-8-4-5-9-22(21)30-27/h1-11,16,19,23H,12-15,17H2,(H,29,30)(H,31,34)/t19-,23+/m1/s1. The first kappa shape index (κ1) is 22.2. The molecule has 0 unspecified atom stereocenters. The van der Waals surface area contributed by atoms with Crippen LogP contribution in [0.2, 0.25) is 0 Å². The van der Waals surface area contributed by atoms with E-state index in [2.05, 4.69) is 10.3 Å². The van der Waals surface area contributed by atoms with E-state index in [0.29, 0.717) is 49.2 Å². The largest absolute Gasteiger partial charge is 0.486 e. The Morgan fingerprint density at radius 1 is 1.03 bits per heavy atom. The van der Waals surface area contributed by atoms with E-state index < -0.39 is 5.92 Å². The van der Waals surface area contributed by atoms with Crippen LogP contribution in [-0.2, 0) is 16.0 Å². The quantitative estimate of drug-likeness (QED) is 0.436. The molecule has 1 fully saturated rings. The van der Waals surface area contributed by atoms with Crippen molar-refractivity contribution >= 4 is 28.5 Å². The molecule has 0 spiro atoms. The van der Waals surface area contributed by atoms with Crippen LogP contribution in [-0.4, -0.2) is 41.5 Å². The number of H-pyrrole nitrogens is 1. The number of nitrogens with one attached hydrogen (secondary N) is 2. The molecule has 3 heterocycles. The van der Waals surface area contributed by atoms with Gasteiger partial charge in [-0.25, -0.2) is 4.98 Å². The van der Waals surface area contributed by atoms with E-state index in [4.69, 9.17) is 14.5 Å². The summed E-state index contributed by atoms with van der Waals surface area (Å²) in [4.78, 5) is 36.0. The Morgan fingerprint density at radius 2 is 1.81 bits per heavy atom. The lowest BCUT2D eigenvalue weighted by Crippen LogP contribution is -2.37. The molecule has 36 heavy (non-hydrogen) atoms. The highest BCUT2D eigenvalue weighted by molar-refractivity contribution is 6.00. The number of rotatable bonds is 6. The molecule has 4 aromatic rings. The number of amides is 2. The zero-order valence-corrected chi connectivity index (χ0v) is 19.6. The van der Waals surface area contributed by atoms with E-state index in [9.17, 15) is 9.59 Å². The number of carbonyl (C=O) groups is 2. The van der Waals surface area contributed by atoms with Crippen molar-refractivity contribution in [2.75, 3.05) is 24.7 Å². The van der Waals surface area contributed by atoms with Crippen molar-refractivity contribution in [3.8, 4) is 11.5 Å². The maximum atomic E-state index is 13.4. The van der Waals surface area contributed by atoms with Crippen molar-refractivity contribution in [1.82, 2.24) is 15.3 Å². The van der Waals surface area contributed by atoms with E-state index >= 15 is 0 Å². The monoisotopic (exact) mass is 482 g/mol. The number of nitrogens with zero attached hydrogens (tertiary/aromatic N) is 2. The highest BCUT2D eigenvalue weighted by atomic mass is 16.6. The third-order valence-electron chi connectivity index (χ3n) is 6.67. The number of fused-ring (bicyclic) bond motifs is 2. The van der Waals surface area contributed by atoms with Crippen molar-refractivity contribution in [2.24, 2.45) is 5.92 Å². The maximum Gasteiger partial charge on any atom is 0.227 e. The lowest BCUT2D eigenvalue weighted by atomic mass is 10.0. The van der Waals surface area contributed by atoms with Crippen molar-refractivity contribution in [3.63, 3.8) is 0 Å². The van der Waals surface area contributed by atoms with Crippen LogP contribution in [0.1, 0.15) is 23.9 Å². The number of ether oxygens (including phenoxy) is 2. The van der Waals surface area contributed by atoms with Crippen molar-refractivity contribution in [1.29, 1.82) is 0 Å². The molecule has 0 bridgehead atoms. The van der Waals surface area contributed by atoms with Gasteiger partial charge in [-0.15, -0.1) is 0 Å². The number of hydrogen-bond acceptors (Lipinski definition) is 5. The molecule has 8 heteroatoms. The molecule has 2 aliphatic rings. The molecule has 2 atom stereocenters. The molecular formula is C28H26N4O4. The average Bonchev–Trinajstić information content (AvgIpc) is 3.52. The summed E-state index contributed by atoms with van der Waals surface area (Å²) < 4.78 is 11.2. The summed E-state index contributed by atoms with van der Waals surface area (Å²) in [5, 5.41) is 3.17. The normalized spacial score (nSPS) is 17.8. The molecule has 6 rings (SSSR count). The number of aromatic nitrogens is 2. The minimum atomic E-state index is -0.464. The molecule has 0 radical (unpaired) electrons. The number of anilines is 1. The summed E-state index contributed by atoms with van der Waals surface area (Å²) in [5.74, 6) is 1.27. The predicted octanol–water partition coefficient (Wildman–Crippen LogP) is 3.79. The van der Waals surface area contributed by atoms with Crippen molar-refractivity contribution in [2.45, 2.75) is 18.9 Å². The van der Waals surface area contributed by atoms with Crippen LogP contribution in [0.15, 0.2) is 72.8 Å². The van der Waals surface area contributed by atoms with E-state index in [0.717, 1.165) is 16.6 Å². The van der Waals surface area contributed by atoms with Crippen LogP contribution in [0, 0.1) is 5.92 Å². The number of hydrogen-bond donors (Lipinski definition) is 2. The van der Waals surface area contributed by atoms with E-state index in [1.807, 2.05) is 66.7 Å². The van der Waals surface area contributed by atoms with Gasteiger partial charge < -0.3 is 24.7 Å². The van der Waals surface area contributed by atoms with Gasteiger partial charge in [0.15, 0.2) is 11.5 Å². The minimum absolute atomic E-state index is 0.0878. The number of carbonyl (C=O) groups excluding carboxylic acids is 2. The summed E-state index contributed by atoms with van der Waals surface area (Å²) in [6.45, 7) is 1.29. The van der Waals surface area contributed by atoms with Crippen LogP contribution in [0.5, 0.6) is 11.5 Å². The molecule has 2 N–H and O–H groups in total. The first-order valence-electron chi connectivity index (χ1n) is 12.1. The lowest BCUT2D eigenvalue weighted by molar-refractivity contribution is -0.127. The van der Waals surface area contributed by atoms with Gasteiger partial charge in [-0.05, 0) is 36.2 Å². The molecule has 0 aliphatic carbocycles. The second kappa shape index (κ2) is 9.37. The highest BCUT2D eigenvalue weighted by Gasteiger charge is 2.36. The van der Waals surface area contributed by atoms with E-state index in [1.165, 1.54) is 0 Å². The van der Waals surface area contributed by atoms with E-state index in [-0.39, 0.29) is 24.3 Å². The van der Waals surface area contributed by atoms with Crippen LogP contribution in [0.25, 0.3) is 11.0 Å². The van der Waals surface area contributed by atoms with Crippen LogP contribution in [0.4, 0.5) is 5.69 Å². The van der Waals surface area contributed by atoms with Crippen molar-refractivity contribution in [3.05, 3.63) is 84.2 Å². The molecule has 2 aliphatic heterocycles. The fourth-order valence-electron chi connectivity index (χ4n) is 4.83. The van der Waals surface area contributed by atoms with Crippen LogP contribution < -0.4 is 19.7 Å². The number of aromatic amines is 1. The van der Waals surface area contributed by atoms with Gasteiger partial charge in [0, 0.05) is 24.7 Å². The first-order chi connectivity index (χ1) is 17.6. The Balaban J connectivity index is 1.21. The Hall–Kier alpha value is -4.33. The third kappa shape index (κ3) is 4.37. The number of para-hydroxylation sites is 2. The third-order valence-corrected chi connectivity index (χ3v) is 6.67. The van der Waals surface area contributed by atoms with Crippen molar-refractivity contribution < 1.29 is 19.1 Å². The average molecular weight is 483 g/mol. The summed E-state index contributed by atoms with van der Waals surface area (Å²) in [7, 11) is 0. The second-order valence-electron chi connectivity index (χ2n) is 9.12. The van der Waals surface area contributed by atoms with Gasteiger partial charge in [0.25, 0.3) is 0 Å². The predicted molar refractivity (Wildman–Crippen MR) is 135 cm³/mol. The van der Waals surface area contributed by atoms with Gasteiger partial charge in [0.2, 0.25) is 11.8 Å². The van der Waals surface area contributed by atoms with Crippen LogP contribution in [0.3, 0.4) is 0 Å². The summed E-state index contributed by atoms with van der Waals surface area (Å²) in [6.07, 6.45) is 0.734. The molecule has 1 saturated heterocycles. The lowest BCUT2D eigenvalue weighted by Gasteiger charge is -2.22. The smallest absolute Gasteiger partial charge is 0.227 e. The molecule has 0 saturated carbocycles. The Kier molecular flexibility index (Phi) is 5.77. The minimum Gasteiger partial charge on any atom is -0.486 e. The van der Waals surface area contributed by atoms with Gasteiger partial charge in [-0.3, -0.25) is 9.59 Å². The molecule has 2 amide bonds. The molecular weight excluding hydrogens is 456 g/mol. The van der Waals surface area contributed by atoms with Crippen LogP contribution >= 0.6 is 0 Å². The topological polar surface area (TPSA) is 96.5 Å². The molecule has 182 valence electrons. The zero-order valence-electron chi connectivity index (χ0n) is 19.6. The van der Waals surface area contributed by atoms with E-state index in [1.54, 1.807) is 11.0 Å². The van der Waals surface area contributed by atoms with Gasteiger partial charge in [-0.2, -0.15) is 0 Å². The molecule has 3 aromatic carbocycles. The molecule has 8 nitrogen and oxygen atoms in total. The van der Waals surface area contributed by atoms with Gasteiger partial charge >= 0.3 is 0 Å². The Bertz CT molecular complexity index is 1380. The van der Waals surface area contributed by atoms with Gasteiger partial charge in [-0.1, -0.05) is 42.5 Å². The highest BCUT2D eigenvalue weighted by Crippen LogP contribution is 2.36. The first-order valence-corrected chi connectivity index (χ1v) is 12.1. The summed E-state index contributed by atoms with van der Waals surface area (Å²) in [5.41, 5.74) is 3.56. The fourth-order valence-corrected chi connectivity index (χ4v) is 4.83. The SMILES string of the molecule is O=C(N[C@@H](Cc1ccccc1)c1nc2ccccc2[nH]1)[C@@H]1CC(=O)N(c2ccc3c(c2)OCCO3)C1.